The van der Waals surface area contributed by atoms with E-state index in [1.54, 1.807) is 25.1 Å². The first kappa shape index (κ1) is 19.4. The molecular formula is C19H21N3O6S. The van der Waals surface area contributed by atoms with Gasteiger partial charge in [-0.1, -0.05) is 18.2 Å². The van der Waals surface area contributed by atoms with Gasteiger partial charge in [0.1, 0.15) is 17.9 Å². The monoisotopic (exact) mass is 419 g/mol. The van der Waals surface area contributed by atoms with Crippen LogP contribution < -0.4 is 10.6 Å². The van der Waals surface area contributed by atoms with E-state index >= 15 is 0 Å². The fraction of sp³-hybridized carbons (Fsp3) is 0.421. The summed E-state index contributed by atoms with van der Waals surface area (Å²) in [7, 11) is -3.20. The molecule has 0 saturated carbocycles. The molecule has 0 unspecified atom stereocenters. The highest BCUT2D eigenvalue weighted by Gasteiger charge is 2.52. The fourth-order valence-electron chi connectivity index (χ4n) is 3.86. The maximum absolute atomic E-state index is 13.0. The molecule has 0 spiro atoms. The number of rotatable bonds is 4. The first-order chi connectivity index (χ1) is 13.5. The highest BCUT2D eigenvalue weighted by Crippen LogP contribution is 2.33. The van der Waals surface area contributed by atoms with E-state index in [9.17, 15) is 22.8 Å². The Morgan fingerprint density at radius 1 is 1.28 bits per heavy atom. The molecule has 154 valence electrons. The Bertz CT molecular complexity index is 1110. The van der Waals surface area contributed by atoms with Crippen molar-refractivity contribution in [2.45, 2.75) is 31.3 Å². The highest BCUT2D eigenvalue weighted by atomic mass is 32.2. The summed E-state index contributed by atoms with van der Waals surface area (Å²) in [4.78, 5) is 38.7. The third-order valence-corrected chi connectivity index (χ3v) is 7.34. The Labute approximate surface area is 167 Å². The normalized spacial score (nSPS) is 28.7. The molecule has 2 aromatic rings. The Morgan fingerprint density at radius 3 is 2.66 bits per heavy atom. The number of hydrogen-bond donors (Lipinski definition) is 2. The Hall–Kier alpha value is -2.88. The van der Waals surface area contributed by atoms with Gasteiger partial charge in [-0.15, -0.1) is 0 Å². The maximum Gasteiger partial charge on any atom is 0.325 e. The summed E-state index contributed by atoms with van der Waals surface area (Å²) in [6, 6.07) is 8.19. The predicted octanol–water partition coefficient (Wildman–Crippen LogP) is 0.893. The van der Waals surface area contributed by atoms with E-state index in [1.807, 2.05) is 12.1 Å². The van der Waals surface area contributed by atoms with Crippen molar-refractivity contribution < 1.29 is 27.2 Å². The third kappa shape index (κ3) is 3.37. The molecule has 0 aliphatic carbocycles. The standard InChI is InChI=1S/C19H21N3O6S/c1-18(7-8-29(26,27)11-18)20-15(23)10-22-16(24)19(2,21-17(22)25)14-9-12-5-3-4-6-13(12)28-14/h3-6,9H,7-8,10-11H2,1-2H3,(H,20,23)(H,21,25)/t18-,19+/m0/s1. The first-order valence-corrected chi connectivity index (χ1v) is 11.0. The number of hydrogen-bond acceptors (Lipinski definition) is 6. The van der Waals surface area contributed by atoms with E-state index in [0.29, 0.717) is 5.58 Å². The van der Waals surface area contributed by atoms with E-state index < -0.39 is 45.3 Å². The number of urea groups is 1. The summed E-state index contributed by atoms with van der Waals surface area (Å²) in [6.07, 6.45) is 0.290. The molecule has 2 aliphatic rings. The molecule has 10 heteroatoms. The molecule has 2 saturated heterocycles. The predicted molar refractivity (Wildman–Crippen MR) is 104 cm³/mol. The number of nitrogens with zero attached hydrogens (tertiary/aromatic N) is 1. The van der Waals surface area contributed by atoms with Crippen molar-refractivity contribution in [3.8, 4) is 0 Å². The quantitative estimate of drug-likeness (QED) is 0.709. The molecule has 0 radical (unpaired) electrons. The minimum absolute atomic E-state index is 0.00294. The van der Waals surface area contributed by atoms with E-state index in [1.165, 1.54) is 6.92 Å². The van der Waals surface area contributed by atoms with Gasteiger partial charge in [0.05, 0.1) is 17.0 Å². The van der Waals surface area contributed by atoms with Crippen LogP contribution >= 0.6 is 0 Å². The molecule has 1 aromatic heterocycles. The van der Waals surface area contributed by atoms with Gasteiger partial charge in [0.2, 0.25) is 5.91 Å². The van der Waals surface area contributed by atoms with Gasteiger partial charge in [-0.3, -0.25) is 14.5 Å². The van der Waals surface area contributed by atoms with Gasteiger partial charge >= 0.3 is 6.03 Å². The molecular weight excluding hydrogens is 398 g/mol. The van der Waals surface area contributed by atoms with Crippen molar-refractivity contribution in [2.24, 2.45) is 0 Å². The molecule has 2 fully saturated rings. The minimum atomic E-state index is -3.20. The van der Waals surface area contributed by atoms with Crippen molar-refractivity contribution in [3.63, 3.8) is 0 Å². The zero-order valence-corrected chi connectivity index (χ0v) is 16.8. The topological polar surface area (TPSA) is 126 Å². The number of nitrogens with one attached hydrogen (secondary N) is 2. The molecule has 3 heterocycles. The van der Waals surface area contributed by atoms with Crippen molar-refractivity contribution >= 4 is 38.7 Å². The van der Waals surface area contributed by atoms with Crippen molar-refractivity contribution in [1.82, 2.24) is 15.5 Å². The van der Waals surface area contributed by atoms with Crippen LogP contribution in [-0.2, 0) is 25.0 Å². The summed E-state index contributed by atoms with van der Waals surface area (Å²) in [6.45, 7) is 2.66. The fourth-order valence-corrected chi connectivity index (χ4v) is 5.96. The zero-order chi connectivity index (χ0) is 21.0. The lowest BCUT2D eigenvalue weighted by molar-refractivity contribution is -0.135. The number of para-hydroxylation sites is 1. The smallest absolute Gasteiger partial charge is 0.325 e. The van der Waals surface area contributed by atoms with Crippen molar-refractivity contribution in [2.75, 3.05) is 18.1 Å². The van der Waals surface area contributed by atoms with Crippen LogP contribution in [0.4, 0.5) is 4.79 Å². The average molecular weight is 419 g/mol. The molecule has 2 atom stereocenters. The van der Waals surface area contributed by atoms with Gasteiger partial charge in [-0.2, -0.15) is 0 Å². The van der Waals surface area contributed by atoms with Crippen LogP contribution in [0.2, 0.25) is 0 Å². The SMILES string of the molecule is C[C@]1(NC(=O)CN2C(=O)N[C@](C)(c3cc4ccccc4o3)C2=O)CCS(=O)(=O)C1. The minimum Gasteiger partial charge on any atom is -0.458 e. The Balaban J connectivity index is 1.51. The van der Waals surface area contributed by atoms with Gasteiger partial charge < -0.3 is 15.1 Å². The molecule has 1 aromatic carbocycles. The lowest BCUT2D eigenvalue weighted by atomic mass is 9.98. The number of carbonyl (C=O) groups excluding carboxylic acids is 3. The largest absolute Gasteiger partial charge is 0.458 e. The lowest BCUT2D eigenvalue weighted by Crippen LogP contribution is -2.51. The number of imide groups is 1. The highest BCUT2D eigenvalue weighted by molar-refractivity contribution is 7.91. The van der Waals surface area contributed by atoms with Crippen molar-refractivity contribution in [3.05, 3.63) is 36.1 Å². The summed E-state index contributed by atoms with van der Waals surface area (Å²) in [5, 5.41) is 6.04. The zero-order valence-electron chi connectivity index (χ0n) is 16.0. The van der Waals surface area contributed by atoms with Crippen LogP contribution in [0.15, 0.2) is 34.7 Å². The van der Waals surface area contributed by atoms with Gasteiger partial charge in [-0.05, 0) is 32.4 Å². The number of fused-ring (bicyclic) bond motifs is 1. The molecule has 2 N–H and O–H groups in total. The maximum atomic E-state index is 13.0. The van der Waals surface area contributed by atoms with Gasteiger partial charge in [0, 0.05) is 5.39 Å². The number of carbonyl (C=O) groups is 3. The summed E-state index contributed by atoms with van der Waals surface area (Å²) in [5.41, 5.74) is -1.76. The second-order valence-electron chi connectivity index (χ2n) is 8.05. The molecule has 2 aliphatic heterocycles. The second-order valence-corrected chi connectivity index (χ2v) is 10.2. The van der Waals surface area contributed by atoms with Crippen LogP contribution in [-0.4, -0.2) is 54.8 Å². The summed E-state index contributed by atoms with van der Waals surface area (Å²) in [5.74, 6) is -1.10. The number of furan rings is 1. The van der Waals surface area contributed by atoms with Crippen LogP contribution in [0.25, 0.3) is 11.0 Å². The first-order valence-electron chi connectivity index (χ1n) is 9.16. The molecule has 0 bridgehead atoms. The second kappa shape index (κ2) is 6.31. The van der Waals surface area contributed by atoms with Crippen LogP contribution in [0.3, 0.4) is 0 Å². The van der Waals surface area contributed by atoms with E-state index in [2.05, 4.69) is 10.6 Å². The van der Waals surface area contributed by atoms with Gasteiger partial charge in [0.15, 0.2) is 15.4 Å². The lowest BCUT2D eigenvalue weighted by Gasteiger charge is -2.25. The van der Waals surface area contributed by atoms with Gasteiger partial charge in [0.25, 0.3) is 5.91 Å². The van der Waals surface area contributed by atoms with Gasteiger partial charge in [-0.25, -0.2) is 13.2 Å². The van der Waals surface area contributed by atoms with E-state index in [0.717, 1.165) is 10.3 Å². The average Bonchev–Trinajstić information content (AvgIpc) is 3.24. The summed E-state index contributed by atoms with van der Waals surface area (Å²) >= 11 is 0. The number of sulfone groups is 1. The van der Waals surface area contributed by atoms with E-state index in [-0.39, 0.29) is 23.7 Å². The third-order valence-electron chi connectivity index (χ3n) is 5.44. The Morgan fingerprint density at radius 2 is 2.00 bits per heavy atom. The number of amides is 4. The molecule has 29 heavy (non-hydrogen) atoms. The van der Waals surface area contributed by atoms with Crippen LogP contribution in [0.1, 0.15) is 26.0 Å². The Kier molecular flexibility index (Phi) is 4.23. The van der Waals surface area contributed by atoms with E-state index in [4.69, 9.17) is 4.42 Å². The van der Waals surface area contributed by atoms with Crippen LogP contribution in [0.5, 0.6) is 0 Å². The molecule has 4 amide bonds. The molecule has 9 nitrogen and oxygen atoms in total. The van der Waals surface area contributed by atoms with Crippen LogP contribution in [0, 0.1) is 0 Å². The number of benzene rings is 1. The van der Waals surface area contributed by atoms with Crippen molar-refractivity contribution in [1.29, 1.82) is 0 Å². The summed E-state index contributed by atoms with van der Waals surface area (Å²) < 4.78 is 29.1. The molecule has 4 rings (SSSR count).